The van der Waals surface area contributed by atoms with E-state index in [4.69, 9.17) is 22.1 Å². The zero-order valence-corrected chi connectivity index (χ0v) is 13.0. The summed E-state index contributed by atoms with van der Waals surface area (Å²) in [6, 6.07) is 9.96. The van der Waals surface area contributed by atoms with Crippen LogP contribution in [0.5, 0.6) is 5.75 Å². The van der Waals surface area contributed by atoms with Gasteiger partial charge in [-0.25, -0.2) is 0 Å². The van der Waals surface area contributed by atoms with Crippen molar-refractivity contribution in [3.63, 3.8) is 0 Å². The highest BCUT2D eigenvalue weighted by Crippen LogP contribution is 2.27. The molecule has 0 spiro atoms. The minimum atomic E-state index is -0.277. The fourth-order valence-corrected chi connectivity index (χ4v) is 2.35. The molecule has 0 aliphatic carbocycles. The number of amides is 1. The number of anilines is 2. The van der Waals surface area contributed by atoms with E-state index in [0.29, 0.717) is 32.2 Å². The Morgan fingerprint density at radius 1 is 1.30 bits per heavy atom. The van der Waals surface area contributed by atoms with E-state index in [2.05, 4.69) is 21.2 Å². The van der Waals surface area contributed by atoms with E-state index < -0.39 is 0 Å². The molecule has 0 saturated carbocycles. The average molecular weight is 356 g/mol. The van der Waals surface area contributed by atoms with Gasteiger partial charge in [-0.1, -0.05) is 11.6 Å². The third-order valence-electron chi connectivity index (χ3n) is 2.65. The summed E-state index contributed by atoms with van der Waals surface area (Å²) < 4.78 is 5.82. The van der Waals surface area contributed by atoms with Gasteiger partial charge in [0.1, 0.15) is 5.75 Å². The fraction of sp³-hybridized carbons (Fsp3) is 0.0714. The zero-order valence-electron chi connectivity index (χ0n) is 10.6. The van der Waals surface area contributed by atoms with E-state index in [0.717, 1.165) is 0 Å². The number of hydrogen-bond acceptors (Lipinski definition) is 3. The SMILES string of the molecule is COc1ccc(C(=O)Nc2cc(N)ccc2Cl)cc1Br. The second kappa shape index (κ2) is 6.15. The summed E-state index contributed by atoms with van der Waals surface area (Å²) in [5.41, 5.74) is 7.16. The Balaban J connectivity index is 2.24. The molecular weight excluding hydrogens is 344 g/mol. The molecule has 104 valence electrons. The number of rotatable bonds is 3. The van der Waals surface area contributed by atoms with Gasteiger partial charge in [0.25, 0.3) is 5.91 Å². The molecule has 0 fully saturated rings. The van der Waals surface area contributed by atoms with Crippen molar-refractivity contribution in [2.24, 2.45) is 0 Å². The van der Waals surface area contributed by atoms with Crippen molar-refractivity contribution in [3.8, 4) is 5.75 Å². The fourth-order valence-electron chi connectivity index (χ4n) is 1.64. The maximum atomic E-state index is 12.2. The highest BCUT2D eigenvalue weighted by atomic mass is 79.9. The largest absolute Gasteiger partial charge is 0.496 e. The lowest BCUT2D eigenvalue weighted by Crippen LogP contribution is -2.12. The highest BCUT2D eigenvalue weighted by molar-refractivity contribution is 9.10. The van der Waals surface area contributed by atoms with E-state index in [1.165, 1.54) is 0 Å². The lowest BCUT2D eigenvalue weighted by Gasteiger charge is -2.09. The van der Waals surface area contributed by atoms with E-state index in [1.54, 1.807) is 43.5 Å². The van der Waals surface area contributed by atoms with Gasteiger partial charge in [-0.2, -0.15) is 0 Å². The molecule has 4 nitrogen and oxygen atoms in total. The number of nitrogen functional groups attached to an aromatic ring is 1. The summed E-state index contributed by atoms with van der Waals surface area (Å²) in [6.07, 6.45) is 0. The van der Waals surface area contributed by atoms with Crippen LogP contribution in [0.15, 0.2) is 40.9 Å². The van der Waals surface area contributed by atoms with Gasteiger partial charge < -0.3 is 15.8 Å². The van der Waals surface area contributed by atoms with Crippen molar-refractivity contribution in [1.82, 2.24) is 0 Å². The topological polar surface area (TPSA) is 64.3 Å². The first-order valence-corrected chi connectivity index (χ1v) is 6.88. The van der Waals surface area contributed by atoms with Gasteiger partial charge in [-0.3, -0.25) is 4.79 Å². The predicted octanol–water partition coefficient (Wildman–Crippen LogP) is 3.95. The molecule has 0 radical (unpaired) electrons. The van der Waals surface area contributed by atoms with Crippen molar-refractivity contribution in [2.75, 3.05) is 18.2 Å². The number of hydrogen-bond donors (Lipinski definition) is 2. The first-order chi connectivity index (χ1) is 9.51. The van der Waals surface area contributed by atoms with Crippen molar-refractivity contribution >= 4 is 44.8 Å². The molecule has 3 N–H and O–H groups in total. The van der Waals surface area contributed by atoms with Crippen LogP contribution in [0.2, 0.25) is 5.02 Å². The molecule has 0 aromatic heterocycles. The van der Waals surface area contributed by atoms with Crippen molar-refractivity contribution in [2.45, 2.75) is 0 Å². The number of nitrogens with two attached hydrogens (primary N) is 1. The van der Waals surface area contributed by atoms with Crippen LogP contribution in [-0.4, -0.2) is 13.0 Å². The van der Waals surface area contributed by atoms with Crippen molar-refractivity contribution in [1.29, 1.82) is 0 Å². The molecule has 2 aromatic rings. The summed E-state index contributed by atoms with van der Waals surface area (Å²) >= 11 is 9.34. The first kappa shape index (κ1) is 14.7. The molecule has 1 amide bonds. The second-order valence-corrected chi connectivity index (χ2v) is 5.30. The van der Waals surface area contributed by atoms with E-state index in [-0.39, 0.29) is 5.91 Å². The minimum absolute atomic E-state index is 0.277. The summed E-state index contributed by atoms with van der Waals surface area (Å²) in [4.78, 5) is 12.2. The maximum absolute atomic E-state index is 12.2. The Morgan fingerprint density at radius 3 is 2.70 bits per heavy atom. The Labute approximate surface area is 130 Å². The van der Waals surface area contributed by atoms with Gasteiger partial charge in [0.05, 0.1) is 22.3 Å². The van der Waals surface area contributed by atoms with Gasteiger partial charge in [0.15, 0.2) is 0 Å². The number of halogens is 2. The van der Waals surface area contributed by atoms with Crippen LogP contribution in [0.3, 0.4) is 0 Å². The van der Waals surface area contributed by atoms with Gasteiger partial charge in [0.2, 0.25) is 0 Å². The van der Waals surface area contributed by atoms with Crippen LogP contribution >= 0.6 is 27.5 Å². The molecule has 0 aliphatic rings. The van der Waals surface area contributed by atoms with Crippen LogP contribution in [-0.2, 0) is 0 Å². The molecule has 0 bridgehead atoms. The summed E-state index contributed by atoms with van der Waals surface area (Å²) in [7, 11) is 1.56. The molecule has 2 rings (SSSR count). The van der Waals surface area contributed by atoms with E-state index >= 15 is 0 Å². The number of benzene rings is 2. The van der Waals surface area contributed by atoms with Gasteiger partial charge in [-0.15, -0.1) is 0 Å². The number of nitrogens with one attached hydrogen (secondary N) is 1. The van der Waals surface area contributed by atoms with Gasteiger partial charge >= 0.3 is 0 Å². The van der Waals surface area contributed by atoms with Gasteiger partial charge in [0, 0.05) is 11.3 Å². The zero-order chi connectivity index (χ0) is 14.7. The lowest BCUT2D eigenvalue weighted by molar-refractivity contribution is 0.102. The van der Waals surface area contributed by atoms with Crippen LogP contribution < -0.4 is 15.8 Å². The van der Waals surface area contributed by atoms with Crippen LogP contribution in [0, 0.1) is 0 Å². The molecule has 0 heterocycles. The number of ether oxygens (including phenoxy) is 1. The second-order valence-electron chi connectivity index (χ2n) is 4.04. The van der Waals surface area contributed by atoms with Crippen LogP contribution in [0.1, 0.15) is 10.4 Å². The summed E-state index contributed by atoms with van der Waals surface area (Å²) in [6.45, 7) is 0. The average Bonchev–Trinajstić information content (AvgIpc) is 2.42. The van der Waals surface area contributed by atoms with Crippen molar-refractivity contribution in [3.05, 3.63) is 51.5 Å². The maximum Gasteiger partial charge on any atom is 0.255 e. The third kappa shape index (κ3) is 3.23. The molecule has 6 heteroatoms. The normalized spacial score (nSPS) is 10.2. The molecule has 0 unspecified atom stereocenters. The van der Waals surface area contributed by atoms with Gasteiger partial charge in [-0.05, 0) is 52.3 Å². The monoisotopic (exact) mass is 354 g/mol. The summed E-state index contributed by atoms with van der Waals surface area (Å²) in [5, 5.41) is 3.15. The third-order valence-corrected chi connectivity index (χ3v) is 3.60. The Hall–Kier alpha value is -1.72. The highest BCUT2D eigenvalue weighted by Gasteiger charge is 2.11. The lowest BCUT2D eigenvalue weighted by atomic mass is 10.2. The molecule has 20 heavy (non-hydrogen) atoms. The molecule has 0 atom stereocenters. The molecular formula is C14H12BrClN2O2. The summed E-state index contributed by atoms with van der Waals surface area (Å²) in [5.74, 6) is 0.379. The van der Waals surface area contributed by atoms with Crippen molar-refractivity contribution < 1.29 is 9.53 Å². The number of carbonyl (C=O) groups excluding carboxylic acids is 1. The Bertz CT molecular complexity index is 662. The van der Waals surface area contributed by atoms with E-state index in [9.17, 15) is 4.79 Å². The van der Waals surface area contributed by atoms with E-state index in [1.807, 2.05) is 0 Å². The predicted molar refractivity (Wildman–Crippen MR) is 84.5 cm³/mol. The molecule has 0 aliphatic heterocycles. The quantitative estimate of drug-likeness (QED) is 0.820. The number of carbonyl (C=O) groups is 1. The Kier molecular flexibility index (Phi) is 4.52. The number of methoxy groups -OCH3 is 1. The minimum Gasteiger partial charge on any atom is -0.496 e. The smallest absolute Gasteiger partial charge is 0.255 e. The molecule has 2 aromatic carbocycles. The first-order valence-electron chi connectivity index (χ1n) is 5.71. The Morgan fingerprint density at radius 2 is 2.05 bits per heavy atom. The standard InChI is InChI=1S/C14H12BrClN2O2/c1-20-13-5-2-8(6-10(13)15)14(19)18-12-7-9(17)3-4-11(12)16/h2-7H,17H2,1H3,(H,18,19). The molecule has 0 saturated heterocycles. The van der Waals surface area contributed by atoms with Crippen LogP contribution in [0.25, 0.3) is 0 Å². The van der Waals surface area contributed by atoms with Crippen LogP contribution in [0.4, 0.5) is 11.4 Å².